The summed E-state index contributed by atoms with van der Waals surface area (Å²) in [5.41, 5.74) is 0.284. The Morgan fingerprint density at radius 2 is 1.69 bits per heavy atom. The Balaban J connectivity index is 1.46. The van der Waals surface area contributed by atoms with Crippen LogP contribution in [0.25, 0.3) is 11.3 Å². The molecule has 0 unspecified atom stereocenters. The van der Waals surface area contributed by atoms with E-state index in [2.05, 4.69) is 15.3 Å². The van der Waals surface area contributed by atoms with Gasteiger partial charge in [0, 0.05) is 18.2 Å². The van der Waals surface area contributed by atoms with Crippen LogP contribution in [0, 0.1) is 11.6 Å². The highest BCUT2D eigenvalue weighted by Gasteiger charge is 2.39. The van der Waals surface area contributed by atoms with Gasteiger partial charge in [0.1, 0.15) is 24.0 Å². The lowest BCUT2D eigenvalue weighted by Gasteiger charge is -2.23. The maximum Gasteiger partial charge on any atom is 0.416 e. The molecule has 2 aromatic carbocycles. The molecule has 1 fully saturated rings. The van der Waals surface area contributed by atoms with Crippen molar-refractivity contribution in [2.24, 2.45) is 0 Å². The number of carbonyl (C=O) groups is 1. The average molecular weight is 526 g/mol. The number of aromatic nitrogens is 2. The molecule has 0 saturated carbocycles. The maximum atomic E-state index is 13.6. The standard InChI is InChI=1S/C23H19F5N4O3S/c24-16-8-17(25)10-19(9-16)36(34,35)32-7-1-2-21(32)22(33)29-12-18-11-20(31-13-30-18)14-3-5-15(6-4-14)23(26,27)28/h3-6,8-11,13,21H,1-2,7,12H2,(H,29,33)/t21-/m0/s1. The van der Waals surface area contributed by atoms with Crippen LogP contribution in [-0.4, -0.2) is 41.2 Å². The van der Waals surface area contributed by atoms with Gasteiger partial charge in [0.25, 0.3) is 0 Å². The molecule has 2 heterocycles. The van der Waals surface area contributed by atoms with Crippen molar-refractivity contribution >= 4 is 15.9 Å². The van der Waals surface area contributed by atoms with Crippen LogP contribution < -0.4 is 5.32 Å². The lowest BCUT2D eigenvalue weighted by molar-refractivity contribution is -0.137. The Labute approximate surface area is 203 Å². The molecule has 13 heteroatoms. The van der Waals surface area contributed by atoms with Gasteiger partial charge in [0.15, 0.2) is 0 Å². The van der Waals surface area contributed by atoms with Gasteiger partial charge in [0.05, 0.1) is 28.4 Å². The van der Waals surface area contributed by atoms with Gasteiger partial charge in [-0.15, -0.1) is 0 Å². The molecule has 7 nitrogen and oxygen atoms in total. The van der Waals surface area contributed by atoms with E-state index >= 15 is 0 Å². The lowest BCUT2D eigenvalue weighted by Crippen LogP contribution is -2.45. The van der Waals surface area contributed by atoms with E-state index in [-0.39, 0.29) is 19.5 Å². The topological polar surface area (TPSA) is 92.3 Å². The van der Waals surface area contributed by atoms with Crippen molar-refractivity contribution in [2.75, 3.05) is 6.54 Å². The summed E-state index contributed by atoms with van der Waals surface area (Å²) >= 11 is 0. The molecule has 4 rings (SSSR count). The monoisotopic (exact) mass is 526 g/mol. The summed E-state index contributed by atoms with van der Waals surface area (Å²) in [6, 6.07) is 6.73. The molecule has 1 saturated heterocycles. The number of nitrogens with one attached hydrogen (secondary N) is 1. The summed E-state index contributed by atoms with van der Waals surface area (Å²) in [5, 5.41) is 2.59. The van der Waals surface area contributed by atoms with Crippen molar-refractivity contribution in [3.05, 3.63) is 77.8 Å². The zero-order valence-corrected chi connectivity index (χ0v) is 19.3. The second kappa shape index (κ2) is 9.90. The summed E-state index contributed by atoms with van der Waals surface area (Å²) in [6.07, 6.45) is -2.69. The highest BCUT2D eigenvalue weighted by molar-refractivity contribution is 7.89. The largest absolute Gasteiger partial charge is 0.416 e. The van der Waals surface area contributed by atoms with Gasteiger partial charge < -0.3 is 5.32 Å². The molecule has 1 N–H and O–H groups in total. The number of benzene rings is 2. The van der Waals surface area contributed by atoms with Crippen LogP contribution in [-0.2, 0) is 27.5 Å². The maximum absolute atomic E-state index is 13.6. The quantitative estimate of drug-likeness (QED) is 0.492. The second-order valence-corrected chi connectivity index (χ2v) is 9.96. The minimum atomic E-state index is -4.47. The van der Waals surface area contributed by atoms with E-state index in [1.165, 1.54) is 24.5 Å². The highest BCUT2D eigenvalue weighted by Crippen LogP contribution is 2.31. The van der Waals surface area contributed by atoms with Crippen LogP contribution >= 0.6 is 0 Å². The Morgan fingerprint density at radius 1 is 1.03 bits per heavy atom. The van der Waals surface area contributed by atoms with E-state index in [0.717, 1.165) is 16.4 Å². The number of rotatable bonds is 6. The van der Waals surface area contributed by atoms with Gasteiger partial charge in [-0.05, 0) is 43.2 Å². The molecule has 0 spiro atoms. The van der Waals surface area contributed by atoms with E-state index in [1.807, 2.05) is 0 Å². The summed E-state index contributed by atoms with van der Waals surface area (Å²) in [7, 11) is -4.33. The SMILES string of the molecule is O=C(NCc1cc(-c2ccc(C(F)(F)F)cc2)ncn1)[C@@H]1CCCN1S(=O)(=O)c1cc(F)cc(F)c1. The van der Waals surface area contributed by atoms with Crippen LogP contribution in [0.4, 0.5) is 22.0 Å². The molecule has 190 valence electrons. The summed E-state index contributed by atoms with van der Waals surface area (Å²) in [4.78, 5) is 20.3. The molecule has 0 bridgehead atoms. The molecule has 1 atom stereocenters. The van der Waals surface area contributed by atoms with Crippen molar-refractivity contribution in [3.63, 3.8) is 0 Å². The zero-order valence-electron chi connectivity index (χ0n) is 18.5. The molecule has 1 aliphatic rings. The third-order valence-corrected chi connectivity index (χ3v) is 7.51. The van der Waals surface area contributed by atoms with E-state index < -0.39 is 50.2 Å². The van der Waals surface area contributed by atoms with E-state index in [1.54, 1.807) is 0 Å². The van der Waals surface area contributed by atoms with Crippen molar-refractivity contribution in [1.82, 2.24) is 19.6 Å². The molecule has 3 aromatic rings. The predicted molar refractivity (Wildman–Crippen MR) is 118 cm³/mol. The first-order valence-corrected chi connectivity index (χ1v) is 12.1. The molecule has 0 radical (unpaired) electrons. The van der Waals surface area contributed by atoms with Gasteiger partial charge >= 0.3 is 6.18 Å². The minimum absolute atomic E-state index is 0.00410. The van der Waals surface area contributed by atoms with E-state index in [4.69, 9.17) is 0 Å². The molecular weight excluding hydrogens is 507 g/mol. The normalized spacial score (nSPS) is 16.8. The van der Waals surface area contributed by atoms with Crippen molar-refractivity contribution < 1.29 is 35.2 Å². The first-order chi connectivity index (χ1) is 16.9. The smallest absolute Gasteiger partial charge is 0.349 e. The third kappa shape index (κ3) is 5.51. The summed E-state index contributed by atoms with van der Waals surface area (Å²) in [6.45, 7) is -0.0991. The molecular formula is C23H19F5N4O3S. The molecule has 1 aliphatic heterocycles. The molecule has 1 amide bonds. The number of sulfonamides is 1. The Hall–Kier alpha value is -3.45. The number of nitrogens with zero attached hydrogens (tertiary/aromatic N) is 3. The second-order valence-electron chi connectivity index (χ2n) is 8.07. The van der Waals surface area contributed by atoms with Crippen LogP contribution in [0.5, 0.6) is 0 Å². The zero-order chi connectivity index (χ0) is 26.1. The fourth-order valence-electron chi connectivity index (χ4n) is 3.88. The average Bonchev–Trinajstić information content (AvgIpc) is 3.33. The predicted octanol–water partition coefficient (Wildman–Crippen LogP) is 3.91. The number of alkyl halides is 3. The summed E-state index contributed by atoms with van der Waals surface area (Å²) in [5.74, 6) is -2.73. The fraction of sp³-hybridized carbons (Fsp3) is 0.261. The minimum Gasteiger partial charge on any atom is -0.349 e. The first-order valence-electron chi connectivity index (χ1n) is 10.7. The number of hydrogen-bond acceptors (Lipinski definition) is 5. The van der Waals surface area contributed by atoms with Crippen molar-refractivity contribution in [3.8, 4) is 11.3 Å². The van der Waals surface area contributed by atoms with Gasteiger partial charge in [-0.25, -0.2) is 27.2 Å². The van der Waals surface area contributed by atoms with Gasteiger partial charge in [-0.3, -0.25) is 4.79 Å². The van der Waals surface area contributed by atoms with E-state index in [9.17, 15) is 35.2 Å². The number of amides is 1. The third-order valence-electron chi connectivity index (χ3n) is 5.62. The highest BCUT2D eigenvalue weighted by atomic mass is 32.2. The first kappa shape index (κ1) is 25.6. The summed E-state index contributed by atoms with van der Waals surface area (Å²) < 4.78 is 92.3. The molecule has 0 aliphatic carbocycles. The lowest BCUT2D eigenvalue weighted by atomic mass is 10.1. The number of hydrogen-bond donors (Lipinski definition) is 1. The Bertz CT molecular complexity index is 1360. The Kier molecular flexibility index (Phi) is 7.05. The molecule has 36 heavy (non-hydrogen) atoms. The van der Waals surface area contributed by atoms with Gasteiger partial charge in [0.2, 0.25) is 15.9 Å². The van der Waals surface area contributed by atoms with E-state index in [0.29, 0.717) is 41.6 Å². The van der Waals surface area contributed by atoms with Crippen LogP contribution in [0.2, 0.25) is 0 Å². The molecule has 1 aromatic heterocycles. The number of halogens is 5. The van der Waals surface area contributed by atoms with Crippen LogP contribution in [0.1, 0.15) is 24.1 Å². The van der Waals surface area contributed by atoms with Crippen LogP contribution in [0.15, 0.2) is 59.8 Å². The van der Waals surface area contributed by atoms with Crippen molar-refractivity contribution in [1.29, 1.82) is 0 Å². The van der Waals surface area contributed by atoms with Gasteiger partial charge in [-0.2, -0.15) is 17.5 Å². The number of carbonyl (C=O) groups excluding carboxylic acids is 1. The fourth-order valence-corrected chi connectivity index (χ4v) is 5.58. The Morgan fingerprint density at radius 3 is 2.33 bits per heavy atom. The van der Waals surface area contributed by atoms with Crippen LogP contribution in [0.3, 0.4) is 0 Å². The van der Waals surface area contributed by atoms with Gasteiger partial charge in [-0.1, -0.05) is 12.1 Å². The van der Waals surface area contributed by atoms with Crippen molar-refractivity contribution in [2.45, 2.75) is 36.5 Å².